The van der Waals surface area contributed by atoms with E-state index in [0.717, 1.165) is 0 Å². The van der Waals surface area contributed by atoms with Gasteiger partial charge in [0.25, 0.3) is 0 Å². The predicted molar refractivity (Wildman–Crippen MR) is 69.1 cm³/mol. The van der Waals surface area contributed by atoms with E-state index >= 15 is 0 Å². The van der Waals surface area contributed by atoms with Crippen molar-refractivity contribution in [3.05, 3.63) is 64.4 Å². The quantitative estimate of drug-likeness (QED) is 0.927. The Balaban J connectivity index is 2.20. The molecule has 98 valence electrons. The van der Waals surface area contributed by atoms with Crippen molar-refractivity contribution in [2.45, 2.75) is 6.61 Å². The monoisotopic (exact) mass is 280 g/mol. The summed E-state index contributed by atoms with van der Waals surface area (Å²) in [4.78, 5) is 11.1. The molecule has 19 heavy (non-hydrogen) atoms. The Morgan fingerprint density at radius 3 is 2.68 bits per heavy atom. The third-order valence-electron chi connectivity index (χ3n) is 2.52. The molecule has 2 rings (SSSR count). The minimum Gasteiger partial charge on any atom is -0.486 e. The van der Waals surface area contributed by atoms with E-state index in [2.05, 4.69) is 0 Å². The van der Waals surface area contributed by atoms with Gasteiger partial charge in [0.2, 0.25) is 0 Å². The van der Waals surface area contributed by atoms with E-state index in [4.69, 9.17) is 21.4 Å². The van der Waals surface area contributed by atoms with Crippen LogP contribution in [-0.4, -0.2) is 11.1 Å². The number of hydrogen-bond donors (Lipinski definition) is 1. The van der Waals surface area contributed by atoms with Gasteiger partial charge in [0, 0.05) is 10.6 Å². The van der Waals surface area contributed by atoms with Gasteiger partial charge in [0.15, 0.2) is 11.6 Å². The van der Waals surface area contributed by atoms with Gasteiger partial charge in [0.05, 0.1) is 5.56 Å². The van der Waals surface area contributed by atoms with Crippen LogP contribution in [0.15, 0.2) is 42.5 Å². The molecule has 0 spiro atoms. The van der Waals surface area contributed by atoms with Gasteiger partial charge in [0.1, 0.15) is 6.61 Å². The van der Waals surface area contributed by atoms with Crippen LogP contribution in [0.3, 0.4) is 0 Å². The molecule has 0 aliphatic rings. The molecule has 0 heterocycles. The van der Waals surface area contributed by atoms with E-state index < -0.39 is 11.8 Å². The maximum atomic E-state index is 13.4. The van der Waals surface area contributed by atoms with E-state index in [1.807, 2.05) is 0 Å². The van der Waals surface area contributed by atoms with Crippen LogP contribution in [-0.2, 0) is 6.61 Å². The van der Waals surface area contributed by atoms with Crippen molar-refractivity contribution < 1.29 is 19.0 Å². The van der Waals surface area contributed by atoms with Gasteiger partial charge < -0.3 is 9.84 Å². The summed E-state index contributed by atoms with van der Waals surface area (Å²) in [5, 5.41) is 9.38. The second-order valence-electron chi connectivity index (χ2n) is 3.83. The van der Waals surface area contributed by atoms with Crippen molar-refractivity contribution in [2.24, 2.45) is 0 Å². The lowest BCUT2D eigenvalue weighted by Gasteiger charge is -2.09. The number of halogens is 2. The molecule has 2 aromatic rings. The molecule has 0 fully saturated rings. The normalized spacial score (nSPS) is 10.2. The average molecular weight is 281 g/mol. The second kappa shape index (κ2) is 5.71. The fourth-order valence-electron chi connectivity index (χ4n) is 1.59. The van der Waals surface area contributed by atoms with E-state index in [0.29, 0.717) is 10.6 Å². The fraction of sp³-hybridized carbons (Fsp3) is 0.0714. The molecule has 0 aliphatic carbocycles. The Hall–Kier alpha value is -2.07. The van der Waals surface area contributed by atoms with E-state index in [-0.39, 0.29) is 17.9 Å². The van der Waals surface area contributed by atoms with Crippen molar-refractivity contribution in [1.82, 2.24) is 0 Å². The molecule has 5 heteroatoms. The van der Waals surface area contributed by atoms with Gasteiger partial charge in [-0.05, 0) is 24.3 Å². The Kier molecular flexibility index (Phi) is 4.02. The Morgan fingerprint density at radius 1 is 1.26 bits per heavy atom. The van der Waals surface area contributed by atoms with Crippen LogP contribution >= 0.6 is 11.6 Å². The predicted octanol–water partition coefficient (Wildman–Crippen LogP) is 3.76. The smallest absolute Gasteiger partial charge is 0.336 e. The zero-order valence-electron chi connectivity index (χ0n) is 9.77. The van der Waals surface area contributed by atoms with Crippen molar-refractivity contribution in [3.8, 4) is 5.75 Å². The lowest BCUT2D eigenvalue weighted by atomic mass is 10.1. The molecule has 0 aliphatic heterocycles. The Labute approximate surface area is 114 Å². The van der Waals surface area contributed by atoms with E-state index in [9.17, 15) is 9.18 Å². The molecule has 0 atom stereocenters. The van der Waals surface area contributed by atoms with Gasteiger partial charge in [-0.3, -0.25) is 0 Å². The first kappa shape index (κ1) is 13.4. The minimum absolute atomic E-state index is 0.0419. The Morgan fingerprint density at radius 2 is 2.00 bits per heavy atom. The molecule has 0 saturated heterocycles. The number of carboxylic acids is 1. The van der Waals surface area contributed by atoms with Gasteiger partial charge in [-0.25, -0.2) is 9.18 Å². The molecule has 2 aromatic carbocycles. The van der Waals surface area contributed by atoms with Crippen LogP contribution in [0, 0.1) is 5.82 Å². The molecule has 0 aromatic heterocycles. The summed E-state index contributed by atoms with van der Waals surface area (Å²) in [6.45, 7) is -0.0419. The van der Waals surface area contributed by atoms with Crippen molar-refractivity contribution in [2.75, 3.05) is 0 Å². The lowest BCUT2D eigenvalue weighted by Crippen LogP contribution is -2.06. The third kappa shape index (κ3) is 3.23. The summed E-state index contributed by atoms with van der Waals surface area (Å²) in [7, 11) is 0. The summed E-state index contributed by atoms with van der Waals surface area (Å²) in [5.41, 5.74) is 0.476. The van der Waals surface area contributed by atoms with Crippen LogP contribution < -0.4 is 4.74 Å². The van der Waals surface area contributed by atoms with Crippen LogP contribution in [0.5, 0.6) is 5.75 Å². The highest BCUT2D eigenvalue weighted by molar-refractivity contribution is 6.30. The summed E-state index contributed by atoms with van der Waals surface area (Å²) in [6.07, 6.45) is 0. The fourth-order valence-corrected chi connectivity index (χ4v) is 1.76. The molecule has 0 radical (unpaired) electrons. The molecular formula is C14H10ClFO3. The summed E-state index contributed by atoms with van der Waals surface area (Å²) >= 11 is 5.74. The van der Waals surface area contributed by atoms with Crippen LogP contribution in [0.1, 0.15) is 15.9 Å². The highest BCUT2D eigenvalue weighted by Crippen LogP contribution is 2.20. The standard InChI is InChI=1S/C14H10ClFO3/c15-10-6-5-9(11(7-10)14(17)18)8-19-13-4-2-1-3-12(13)16/h1-7H,8H2,(H,17,18). The summed E-state index contributed by atoms with van der Waals surface area (Å²) in [6, 6.07) is 10.4. The van der Waals surface area contributed by atoms with Crippen molar-refractivity contribution in [1.29, 1.82) is 0 Å². The average Bonchev–Trinajstić information content (AvgIpc) is 2.38. The zero-order chi connectivity index (χ0) is 13.8. The van der Waals surface area contributed by atoms with Crippen LogP contribution in [0.4, 0.5) is 4.39 Å². The first-order valence-electron chi connectivity index (χ1n) is 5.47. The summed E-state index contributed by atoms with van der Waals surface area (Å²) < 4.78 is 18.6. The number of para-hydroxylation sites is 1. The molecule has 3 nitrogen and oxygen atoms in total. The largest absolute Gasteiger partial charge is 0.486 e. The second-order valence-corrected chi connectivity index (χ2v) is 4.26. The molecule has 0 saturated carbocycles. The molecule has 0 unspecified atom stereocenters. The number of benzene rings is 2. The molecule has 0 bridgehead atoms. The van der Waals surface area contributed by atoms with Crippen LogP contribution in [0.25, 0.3) is 0 Å². The van der Waals surface area contributed by atoms with Gasteiger partial charge in [-0.1, -0.05) is 29.8 Å². The number of carboxylic acid groups (broad SMARTS) is 1. The van der Waals surface area contributed by atoms with E-state index in [1.165, 1.54) is 18.2 Å². The number of rotatable bonds is 4. The highest BCUT2D eigenvalue weighted by Gasteiger charge is 2.12. The lowest BCUT2D eigenvalue weighted by molar-refractivity contribution is 0.0694. The molecule has 0 amide bonds. The zero-order valence-corrected chi connectivity index (χ0v) is 10.5. The molecule has 1 N–H and O–H groups in total. The Bertz CT molecular complexity index is 613. The number of hydrogen-bond acceptors (Lipinski definition) is 2. The van der Waals surface area contributed by atoms with E-state index in [1.54, 1.807) is 24.3 Å². The number of aromatic carboxylic acids is 1. The van der Waals surface area contributed by atoms with Crippen molar-refractivity contribution >= 4 is 17.6 Å². The SMILES string of the molecule is O=C(O)c1cc(Cl)ccc1COc1ccccc1F. The first-order chi connectivity index (χ1) is 9.08. The maximum absolute atomic E-state index is 13.4. The first-order valence-corrected chi connectivity index (χ1v) is 5.85. The van der Waals surface area contributed by atoms with Gasteiger partial charge >= 0.3 is 5.97 Å². The van der Waals surface area contributed by atoms with Gasteiger partial charge in [-0.2, -0.15) is 0 Å². The molecular weight excluding hydrogens is 271 g/mol. The maximum Gasteiger partial charge on any atom is 0.336 e. The highest BCUT2D eigenvalue weighted by atomic mass is 35.5. The minimum atomic E-state index is -1.10. The van der Waals surface area contributed by atoms with Crippen LogP contribution in [0.2, 0.25) is 5.02 Å². The summed E-state index contributed by atoms with van der Waals surface area (Å²) in [5.74, 6) is -1.52. The third-order valence-corrected chi connectivity index (χ3v) is 2.76. The number of carbonyl (C=O) groups is 1. The topological polar surface area (TPSA) is 46.5 Å². The number of ether oxygens (including phenoxy) is 1. The van der Waals surface area contributed by atoms with Crippen molar-refractivity contribution in [3.63, 3.8) is 0 Å². The van der Waals surface area contributed by atoms with Gasteiger partial charge in [-0.15, -0.1) is 0 Å².